The molecular weight excluding hydrogens is 258 g/mol. The Kier molecular flexibility index (Phi) is 3.54. The van der Waals surface area contributed by atoms with Crippen molar-refractivity contribution in [3.63, 3.8) is 0 Å². The molecule has 6 heteroatoms. The van der Waals surface area contributed by atoms with Crippen LogP contribution in [0.3, 0.4) is 0 Å². The van der Waals surface area contributed by atoms with Crippen LogP contribution in [0, 0.1) is 12.8 Å². The summed E-state index contributed by atoms with van der Waals surface area (Å²) in [4.78, 5) is 18.2. The number of aromatic nitrogens is 2. The van der Waals surface area contributed by atoms with Crippen molar-refractivity contribution in [3.05, 3.63) is 35.9 Å². The van der Waals surface area contributed by atoms with Gasteiger partial charge in [0.1, 0.15) is 6.26 Å². The lowest BCUT2D eigenvalue weighted by Gasteiger charge is -2.15. The minimum absolute atomic E-state index is 0.0525. The molecule has 1 amide bonds. The molecule has 6 nitrogen and oxygen atoms in total. The van der Waals surface area contributed by atoms with Crippen molar-refractivity contribution in [3.8, 4) is 0 Å². The lowest BCUT2D eigenvalue weighted by Crippen LogP contribution is -2.28. The quantitative estimate of drug-likeness (QED) is 0.854. The van der Waals surface area contributed by atoms with Crippen molar-refractivity contribution in [1.29, 1.82) is 0 Å². The molecule has 0 saturated carbocycles. The summed E-state index contributed by atoms with van der Waals surface area (Å²) in [7, 11) is 0. The number of aryl methyl sites for hydroxylation is 2. The van der Waals surface area contributed by atoms with Crippen molar-refractivity contribution in [2.24, 2.45) is 5.92 Å². The zero-order valence-electron chi connectivity index (χ0n) is 11.4. The molecule has 106 valence electrons. The molecule has 1 saturated heterocycles. The first kappa shape index (κ1) is 12.9. The van der Waals surface area contributed by atoms with Gasteiger partial charge in [0.15, 0.2) is 5.82 Å². The molecule has 2 aromatic rings. The fourth-order valence-corrected chi connectivity index (χ4v) is 2.60. The topological polar surface area (TPSA) is 72.4 Å². The molecule has 1 unspecified atom stereocenters. The van der Waals surface area contributed by atoms with Crippen LogP contribution in [0.4, 0.5) is 0 Å². The molecule has 3 heterocycles. The first-order valence-electron chi connectivity index (χ1n) is 6.83. The van der Waals surface area contributed by atoms with Gasteiger partial charge >= 0.3 is 0 Å². The summed E-state index contributed by atoms with van der Waals surface area (Å²) in [6.45, 7) is 3.39. The van der Waals surface area contributed by atoms with Crippen molar-refractivity contribution in [2.75, 3.05) is 13.1 Å². The van der Waals surface area contributed by atoms with E-state index in [4.69, 9.17) is 8.94 Å². The predicted octanol–water partition coefficient (Wildman–Crippen LogP) is 2.07. The average Bonchev–Trinajstić information content (AvgIpc) is 3.17. The fourth-order valence-electron chi connectivity index (χ4n) is 2.60. The van der Waals surface area contributed by atoms with E-state index in [0.717, 1.165) is 38.2 Å². The van der Waals surface area contributed by atoms with E-state index in [1.54, 1.807) is 13.0 Å². The highest BCUT2D eigenvalue weighted by Crippen LogP contribution is 2.22. The van der Waals surface area contributed by atoms with Gasteiger partial charge in [-0.3, -0.25) is 4.79 Å². The van der Waals surface area contributed by atoms with Gasteiger partial charge in [-0.15, -0.1) is 0 Å². The number of hydrogen-bond acceptors (Lipinski definition) is 5. The largest absolute Gasteiger partial charge is 0.472 e. The maximum atomic E-state index is 12.2. The van der Waals surface area contributed by atoms with E-state index in [0.29, 0.717) is 17.4 Å². The minimum Gasteiger partial charge on any atom is -0.472 e. The monoisotopic (exact) mass is 275 g/mol. The summed E-state index contributed by atoms with van der Waals surface area (Å²) in [6.07, 6.45) is 5.83. The van der Waals surface area contributed by atoms with Crippen molar-refractivity contribution in [2.45, 2.75) is 26.2 Å². The summed E-state index contributed by atoms with van der Waals surface area (Å²) in [5, 5.41) is 3.89. The minimum atomic E-state index is 0.0525. The summed E-state index contributed by atoms with van der Waals surface area (Å²) >= 11 is 0. The van der Waals surface area contributed by atoms with Crippen LogP contribution >= 0.6 is 0 Å². The molecule has 0 aromatic carbocycles. The Balaban J connectivity index is 1.51. The normalized spacial score (nSPS) is 18.6. The summed E-state index contributed by atoms with van der Waals surface area (Å²) in [5.41, 5.74) is 0.624. The van der Waals surface area contributed by atoms with E-state index in [2.05, 4.69) is 10.1 Å². The first-order chi connectivity index (χ1) is 9.72. The summed E-state index contributed by atoms with van der Waals surface area (Å²) in [5.74, 6) is 1.91. The Morgan fingerprint density at radius 2 is 2.45 bits per heavy atom. The second-order valence-electron chi connectivity index (χ2n) is 5.19. The van der Waals surface area contributed by atoms with Crippen molar-refractivity contribution < 1.29 is 13.7 Å². The molecule has 3 rings (SSSR count). The summed E-state index contributed by atoms with van der Waals surface area (Å²) in [6, 6.07) is 1.71. The molecule has 1 atom stereocenters. The molecule has 2 aromatic heterocycles. The van der Waals surface area contributed by atoms with Gasteiger partial charge in [-0.25, -0.2) is 0 Å². The van der Waals surface area contributed by atoms with Crippen LogP contribution < -0.4 is 0 Å². The molecule has 0 radical (unpaired) electrons. The number of amides is 1. The highest BCUT2D eigenvalue weighted by Gasteiger charge is 2.27. The van der Waals surface area contributed by atoms with Crippen LogP contribution in [0.1, 0.15) is 34.9 Å². The third-order valence-corrected chi connectivity index (χ3v) is 3.69. The molecule has 0 spiro atoms. The smallest absolute Gasteiger partial charge is 0.257 e. The SMILES string of the molecule is Cc1nc(CCC2CCN(C(=O)c3ccoc3)C2)no1. The lowest BCUT2D eigenvalue weighted by atomic mass is 10.0. The Morgan fingerprint density at radius 3 is 3.15 bits per heavy atom. The number of carbonyl (C=O) groups excluding carboxylic acids is 1. The van der Waals surface area contributed by atoms with Crippen LogP contribution in [0.2, 0.25) is 0 Å². The molecule has 0 aliphatic carbocycles. The van der Waals surface area contributed by atoms with Crippen LogP contribution in [0.15, 0.2) is 27.5 Å². The average molecular weight is 275 g/mol. The second-order valence-corrected chi connectivity index (χ2v) is 5.19. The van der Waals surface area contributed by atoms with Gasteiger partial charge in [0, 0.05) is 26.4 Å². The van der Waals surface area contributed by atoms with Gasteiger partial charge in [-0.05, 0) is 24.8 Å². The van der Waals surface area contributed by atoms with Gasteiger partial charge in [-0.1, -0.05) is 5.16 Å². The van der Waals surface area contributed by atoms with E-state index < -0.39 is 0 Å². The zero-order chi connectivity index (χ0) is 13.9. The number of hydrogen-bond donors (Lipinski definition) is 0. The van der Waals surface area contributed by atoms with Crippen LogP contribution in [0.25, 0.3) is 0 Å². The standard InChI is InChI=1S/C14H17N3O3/c1-10-15-13(16-20-10)3-2-11-4-6-17(8-11)14(18)12-5-7-19-9-12/h5,7,9,11H,2-4,6,8H2,1H3. The third kappa shape index (κ3) is 2.74. The molecule has 20 heavy (non-hydrogen) atoms. The number of likely N-dealkylation sites (tertiary alicyclic amines) is 1. The zero-order valence-corrected chi connectivity index (χ0v) is 11.4. The van der Waals surface area contributed by atoms with Gasteiger partial charge in [0.05, 0.1) is 11.8 Å². The number of nitrogens with zero attached hydrogens (tertiary/aromatic N) is 3. The molecule has 0 N–H and O–H groups in total. The maximum Gasteiger partial charge on any atom is 0.257 e. The molecule has 1 fully saturated rings. The fraction of sp³-hybridized carbons (Fsp3) is 0.500. The Bertz CT molecular complexity index is 576. The van der Waals surface area contributed by atoms with Crippen molar-refractivity contribution >= 4 is 5.91 Å². The van der Waals surface area contributed by atoms with E-state index in [9.17, 15) is 4.79 Å². The Morgan fingerprint density at radius 1 is 1.55 bits per heavy atom. The van der Waals surface area contributed by atoms with Gasteiger partial charge in [0.25, 0.3) is 5.91 Å². The molecule has 1 aliphatic rings. The van der Waals surface area contributed by atoms with Crippen LogP contribution in [-0.4, -0.2) is 34.0 Å². The number of furan rings is 1. The maximum absolute atomic E-state index is 12.2. The summed E-state index contributed by atoms with van der Waals surface area (Å²) < 4.78 is 9.91. The molecule has 0 bridgehead atoms. The number of rotatable bonds is 4. The highest BCUT2D eigenvalue weighted by molar-refractivity contribution is 5.93. The van der Waals surface area contributed by atoms with Crippen molar-refractivity contribution in [1.82, 2.24) is 15.0 Å². The highest BCUT2D eigenvalue weighted by atomic mass is 16.5. The van der Waals surface area contributed by atoms with Crippen LogP contribution in [0.5, 0.6) is 0 Å². The van der Waals surface area contributed by atoms with Gasteiger partial charge in [-0.2, -0.15) is 4.98 Å². The van der Waals surface area contributed by atoms with E-state index in [1.165, 1.54) is 12.5 Å². The Hall–Kier alpha value is -2.11. The lowest BCUT2D eigenvalue weighted by molar-refractivity contribution is 0.0786. The first-order valence-corrected chi connectivity index (χ1v) is 6.83. The third-order valence-electron chi connectivity index (χ3n) is 3.69. The van der Waals surface area contributed by atoms with Gasteiger partial charge in [0.2, 0.25) is 5.89 Å². The van der Waals surface area contributed by atoms with E-state index in [1.807, 2.05) is 4.90 Å². The van der Waals surface area contributed by atoms with Gasteiger partial charge < -0.3 is 13.8 Å². The van der Waals surface area contributed by atoms with Crippen LogP contribution in [-0.2, 0) is 6.42 Å². The van der Waals surface area contributed by atoms with E-state index >= 15 is 0 Å². The van der Waals surface area contributed by atoms with E-state index in [-0.39, 0.29) is 5.91 Å². The molecule has 1 aliphatic heterocycles. The second kappa shape index (κ2) is 5.48. The Labute approximate surface area is 116 Å². The molecular formula is C14H17N3O3. The predicted molar refractivity (Wildman–Crippen MR) is 70.1 cm³/mol. The number of carbonyl (C=O) groups is 1.